The van der Waals surface area contributed by atoms with E-state index >= 15 is 0 Å². The lowest BCUT2D eigenvalue weighted by atomic mass is 10.0. The average Bonchev–Trinajstić information content (AvgIpc) is 2.74. The summed E-state index contributed by atoms with van der Waals surface area (Å²) in [5.41, 5.74) is 7.22. The Balaban J connectivity index is 0.00000242. The Morgan fingerprint density at radius 2 is 2.09 bits per heavy atom. The summed E-state index contributed by atoms with van der Waals surface area (Å²) in [7, 11) is 0. The van der Waals surface area contributed by atoms with Crippen molar-refractivity contribution in [3.05, 3.63) is 35.9 Å². The Kier molecular flexibility index (Phi) is 8.91. The number of amides is 1. The molecule has 1 aromatic rings. The van der Waals surface area contributed by atoms with E-state index in [4.69, 9.17) is 5.73 Å². The molecule has 1 amide bonds. The normalized spacial score (nSPS) is 19.9. The molecular formula is C17H27ClN2OS. The summed E-state index contributed by atoms with van der Waals surface area (Å²) in [5, 5.41) is 0.592. The second kappa shape index (κ2) is 10.1. The van der Waals surface area contributed by atoms with Gasteiger partial charge in [0.2, 0.25) is 5.91 Å². The van der Waals surface area contributed by atoms with Gasteiger partial charge in [-0.05, 0) is 24.2 Å². The van der Waals surface area contributed by atoms with Gasteiger partial charge in [-0.3, -0.25) is 4.79 Å². The van der Waals surface area contributed by atoms with E-state index in [-0.39, 0.29) is 24.4 Å². The minimum absolute atomic E-state index is 0. The SMILES string of the molecule is CCSC1CCCCN(C(=O)CC(N)c2ccccc2)C1.Cl. The zero-order valence-corrected chi connectivity index (χ0v) is 14.9. The number of rotatable bonds is 5. The number of likely N-dealkylation sites (tertiary alicyclic amines) is 1. The molecule has 0 aromatic heterocycles. The molecule has 1 saturated heterocycles. The number of thioether (sulfide) groups is 1. The minimum atomic E-state index is -0.195. The Bertz CT molecular complexity index is 444. The molecule has 2 N–H and O–H groups in total. The summed E-state index contributed by atoms with van der Waals surface area (Å²) in [6, 6.07) is 9.71. The van der Waals surface area contributed by atoms with Crippen LogP contribution in [0, 0.1) is 0 Å². The van der Waals surface area contributed by atoms with Crippen LogP contribution in [0.15, 0.2) is 30.3 Å². The molecule has 22 heavy (non-hydrogen) atoms. The fraction of sp³-hybridized carbons (Fsp3) is 0.588. The van der Waals surface area contributed by atoms with Gasteiger partial charge in [-0.1, -0.05) is 43.7 Å². The van der Waals surface area contributed by atoms with Crippen LogP contribution in [0.4, 0.5) is 0 Å². The van der Waals surface area contributed by atoms with Gasteiger partial charge < -0.3 is 10.6 Å². The van der Waals surface area contributed by atoms with Crippen LogP contribution < -0.4 is 5.73 Å². The van der Waals surface area contributed by atoms with Crippen molar-refractivity contribution < 1.29 is 4.79 Å². The maximum atomic E-state index is 12.5. The smallest absolute Gasteiger partial charge is 0.224 e. The summed E-state index contributed by atoms with van der Waals surface area (Å²) in [5.74, 6) is 1.32. The highest BCUT2D eigenvalue weighted by molar-refractivity contribution is 7.99. The molecule has 1 aromatic carbocycles. The summed E-state index contributed by atoms with van der Waals surface area (Å²) in [6.07, 6.45) is 3.99. The number of hydrogen-bond donors (Lipinski definition) is 1. The van der Waals surface area contributed by atoms with Gasteiger partial charge >= 0.3 is 0 Å². The molecule has 0 aliphatic carbocycles. The third-order valence-electron chi connectivity index (χ3n) is 4.01. The van der Waals surface area contributed by atoms with Crippen molar-refractivity contribution in [1.82, 2.24) is 4.90 Å². The predicted octanol–water partition coefficient (Wildman–Crippen LogP) is 3.63. The minimum Gasteiger partial charge on any atom is -0.342 e. The van der Waals surface area contributed by atoms with Gasteiger partial charge in [-0.15, -0.1) is 12.4 Å². The van der Waals surface area contributed by atoms with Crippen molar-refractivity contribution in [3.8, 4) is 0 Å². The maximum Gasteiger partial charge on any atom is 0.224 e. The molecule has 0 radical (unpaired) electrons. The van der Waals surface area contributed by atoms with Crippen molar-refractivity contribution in [2.24, 2.45) is 5.73 Å². The molecule has 1 fully saturated rings. The molecule has 2 rings (SSSR count). The van der Waals surface area contributed by atoms with E-state index in [1.54, 1.807) is 0 Å². The first-order valence-corrected chi connectivity index (χ1v) is 8.95. The highest BCUT2D eigenvalue weighted by atomic mass is 35.5. The van der Waals surface area contributed by atoms with Crippen LogP contribution in [0.1, 0.15) is 44.2 Å². The summed E-state index contributed by atoms with van der Waals surface area (Å²) in [6.45, 7) is 3.97. The zero-order valence-electron chi connectivity index (χ0n) is 13.2. The Hall–Kier alpha value is -0.710. The molecule has 0 bridgehead atoms. The van der Waals surface area contributed by atoms with Gasteiger partial charge in [0.25, 0.3) is 0 Å². The van der Waals surface area contributed by atoms with E-state index in [2.05, 4.69) is 6.92 Å². The van der Waals surface area contributed by atoms with Crippen LogP contribution in [-0.2, 0) is 4.79 Å². The molecule has 3 nitrogen and oxygen atoms in total. The Morgan fingerprint density at radius 1 is 1.36 bits per heavy atom. The lowest BCUT2D eigenvalue weighted by molar-refractivity contribution is -0.131. The number of nitrogens with two attached hydrogens (primary N) is 1. The summed E-state index contributed by atoms with van der Waals surface area (Å²) in [4.78, 5) is 14.6. The number of hydrogen-bond acceptors (Lipinski definition) is 3. The van der Waals surface area contributed by atoms with Crippen molar-refractivity contribution >= 4 is 30.1 Å². The van der Waals surface area contributed by atoms with Crippen LogP contribution in [-0.4, -0.2) is 34.9 Å². The van der Waals surface area contributed by atoms with Gasteiger partial charge in [0.1, 0.15) is 0 Å². The third kappa shape index (κ3) is 5.82. The molecule has 5 heteroatoms. The van der Waals surface area contributed by atoms with Gasteiger partial charge in [-0.25, -0.2) is 0 Å². The van der Waals surface area contributed by atoms with Gasteiger partial charge in [0.15, 0.2) is 0 Å². The topological polar surface area (TPSA) is 46.3 Å². The highest BCUT2D eigenvalue weighted by Crippen LogP contribution is 2.23. The van der Waals surface area contributed by atoms with E-state index in [9.17, 15) is 4.79 Å². The average molecular weight is 343 g/mol. The molecule has 0 saturated carbocycles. The van der Waals surface area contributed by atoms with Crippen LogP contribution in [0.2, 0.25) is 0 Å². The van der Waals surface area contributed by atoms with Gasteiger partial charge in [0.05, 0.1) is 0 Å². The van der Waals surface area contributed by atoms with Crippen LogP contribution in [0.3, 0.4) is 0 Å². The molecule has 1 heterocycles. The van der Waals surface area contributed by atoms with Crippen LogP contribution in [0.25, 0.3) is 0 Å². The molecule has 2 atom stereocenters. The fourth-order valence-electron chi connectivity index (χ4n) is 2.84. The standard InChI is InChI=1S/C17H26N2OS.ClH/c1-2-21-15-10-6-7-11-19(13-15)17(20)12-16(18)14-8-4-3-5-9-14;/h3-5,8-9,15-16H,2,6-7,10-13,18H2,1H3;1H. The first-order valence-electron chi connectivity index (χ1n) is 7.90. The largest absolute Gasteiger partial charge is 0.342 e. The van der Waals surface area contributed by atoms with Gasteiger partial charge in [-0.2, -0.15) is 11.8 Å². The van der Waals surface area contributed by atoms with Crippen molar-refractivity contribution in [2.45, 2.75) is 43.9 Å². The number of nitrogens with zero attached hydrogens (tertiary/aromatic N) is 1. The molecule has 1 aliphatic rings. The van der Waals surface area contributed by atoms with E-state index in [1.165, 1.54) is 12.8 Å². The molecule has 0 spiro atoms. The van der Waals surface area contributed by atoms with Crippen molar-refractivity contribution in [2.75, 3.05) is 18.8 Å². The molecule has 124 valence electrons. The highest BCUT2D eigenvalue weighted by Gasteiger charge is 2.23. The maximum absolute atomic E-state index is 12.5. The Labute approximate surface area is 144 Å². The number of benzene rings is 1. The van der Waals surface area contributed by atoms with E-state index < -0.39 is 0 Å². The van der Waals surface area contributed by atoms with Crippen molar-refractivity contribution in [3.63, 3.8) is 0 Å². The number of carbonyl (C=O) groups is 1. The quantitative estimate of drug-likeness (QED) is 0.888. The third-order valence-corrected chi connectivity index (χ3v) is 5.19. The van der Waals surface area contributed by atoms with Gasteiger partial charge in [0, 0.05) is 30.8 Å². The predicted molar refractivity (Wildman–Crippen MR) is 97.6 cm³/mol. The molecule has 1 aliphatic heterocycles. The number of halogens is 1. The second-order valence-corrected chi connectivity index (χ2v) is 7.21. The first-order chi connectivity index (χ1) is 10.2. The first kappa shape index (κ1) is 19.3. The van der Waals surface area contributed by atoms with E-state index in [1.807, 2.05) is 47.0 Å². The Morgan fingerprint density at radius 3 is 2.77 bits per heavy atom. The number of carbonyl (C=O) groups excluding carboxylic acids is 1. The van der Waals surface area contributed by atoms with Crippen LogP contribution in [0.5, 0.6) is 0 Å². The monoisotopic (exact) mass is 342 g/mol. The summed E-state index contributed by atoms with van der Waals surface area (Å²) >= 11 is 1.98. The zero-order chi connectivity index (χ0) is 15.1. The van der Waals surface area contributed by atoms with E-state index in [0.29, 0.717) is 11.7 Å². The second-order valence-electron chi connectivity index (χ2n) is 5.63. The molecular weight excluding hydrogens is 316 g/mol. The van der Waals surface area contributed by atoms with E-state index in [0.717, 1.165) is 30.8 Å². The fourth-order valence-corrected chi connectivity index (χ4v) is 3.93. The molecule has 2 unspecified atom stereocenters. The van der Waals surface area contributed by atoms with Crippen LogP contribution >= 0.6 is 24.2 Å². The van der Waals surface area contributed by atoms with Crippen molar-refractivity contribution in [1.29, 1.82) is 0 Å². The summed E-state index contributed by atoms with van der Waals surface area (Å²) < 4.78 is 0. The lowest BCUT2D eigenvalue weighted by Gasteiger charge is -2.25. The lowest BCUT2D eigenvalue weighted by Crippen LogP contribution is -2.37.